The van der Waals surface area contributed by atoms with Crippen LogP contribution in [0.1, 0.15) is 0 Å². The maximum Gasteiger partial charge on any atom is 0.302 e. The van der Waals surface area contributed by atoms with Crippen molar-refractivity contribution in [2.45, 2.75) is 0 Å². The van der Waals surface area contributed by atoms with Crippen LogP contribution in [0.2, 0.25) is 0 Å². The first kappa shape index (κ1) is 14.7. The summed E-state index contributed by atoms with van der Waals surface area (Å²) in [6, 6.07) is 16.4. The second-order valence-corrected chi connectivity index (χ2v) is 6.06. The Labute approximate surface area is 149 Å². The van der Waals surface area contributed by atoms with Gasteiger partial charge in [0.05, 0.1) is 29.6 Å². The van der Waals surface area contributed by atoms with Gasteiger partial charge in [-0.1, -0.05) is 12.1 Å². The minimum absolute atomic E-state index is 0.569. The highest BCUT2D eigenvalue weighted by Crippen LogP contribution is 2.35. The Morgan fingerprint density at radius 3 is 2.77 bits per heavy atom. The lowest BCUT2D eigenvalue weighted by molar-refractivity contribution is 0.428. The summed E-state index contributed by atoms with van der Waals surface area (Å²) in [7, 11) is 1.95. The molecule has 0 fully saturated rings. The number of nitrogens with zero attached hydrogens (tertiary/aromatic N) is 5. The molecule has 0 saturated heterocycles. The molecule has 0 saturated carbocycles. The number of imidazole rings is 1. The molecule has 4 aromatic rings. The third-order valence-corrected chi connectivity index (χ3v) is 4.48. The predicted molar refractivity (Wildman–Crippen MR) is 99.9 cm³/mol. The van der Waals surface area contributed by atoms with E-state index in [-0.39, 0.29) is 0 Å². The molecule has 2 aromatic heterocycles. The van der Waals surface area contributed by atoms with Gasteiger partial charge in [0.1, 0.15) is 12.1 Å². The summed E-state index contributed by atoms with van der Waals surface area (Å²) >= 11 is 0. The molecule has 1 aliphatic rings. The largest absolute Gasteiger partial charge is 0.425 e. The predicted octanol–water partition coefficient (Wildman–Crippen LogP) is 3.68. The molecule has 26 heavy (non-hydrogen) atoms. The second kappa shape index (κ2) is 5.73. The molecule has 7 heteroatoms. The summed E-state index contributed by atoms with van der Waals surface area (Å²) in [5.41, 5.74) is 3.93. The van der Waals surface area contributed by atoms with Crippen LogP contribution in [-0.4, -0.2) is 26.2 Å². The number of hydrogen-bond donors (Lipinski definition) is 1. The fourth-order valence-corrected chi connectivity index (χ4v) is 3.13. The van der Waals surface area contributed by atoms with E-state index >= 15 is 0 Å². The van der Waals surface area contributed by atoms with Crippen molar-refractivity contribution in [2.24, 2.45) is 7.05 Å². The van der Waals surface area contributed by atoms with E-state index in [4.69, 9.17) is 4.74 Å². The van der Waals surface area contributed by atoms with Crippen LogP contribution < -0.4 is 15.0 Å². The van der Waals surface area contributed by atoms with E-state index < -0.39 is 0 Å². The van der Waals surface area contributed by atoms with Crippen molar-refractivity contribution in [1.82, 2.24) is 19.5 Å². The third-order valence-electron chi connectivity index (χ3n) is 4.48. The fourth-order valence-electron chi connectivity index (χ4n) is 3.13. The summed E-state index contributed by atoms with van der Waals surface area (Å²) in [4.78, 5) is 15.0. The first-order valence-corrected chi connectivity index (χ1v) is 8.30. The van der Waals surface area contributed by atoms with Crippen LogP contribution in [0.4, 0.5) is 17.2 Å². The van der Waals surface area contributed by atoms with E-state index in [0.29, 0.717) is 12.7 Å². The van der Waals surface area contributed by atoms with E-state index in [1.807, 2.05) is 60.1 Å². The molecular weight excluding hydrogens is 328 g/mol. The van der Waals surface area contributed by atoms with Crippen molar-refractivity contribution in [3.63, 3.8) is 0 Å². The fraction of sp³-hybridized carbons (Fsp3) is 0.105. The third kappa shape index (κ3) is 2.33. The van der Waals surface area contributed by atoms with Crippen molar-refractivity contribution in [3.05, 3.63) is 61.1 Å². The average molecular weight is 344 g/mol. The van der Waals surface area contributed by atoms with Gasteiger partial charge in [0.15, 0.2) is 5.82 Å². The second-order valence-electron chi connectivity index (χ2n) is 6.06. The van der Waals surface area contributed by atoms with Gasteiger partial charge in [-0.3, -0.25) is 4.57 Å². The number of para-hydroxylation sites is 2. The molecule has 0 bridgehead atoms. The summed E-state index contributed by atoms with van der Waals surface area (Å²) in [6.07, 6.45) is 3.34. The molecular formula is C19H16N6O. The standard InChI is InChI=1S/C19H16N6O/c1-24-17-5-3-2-4-15(17)23-19(24)26-14-8-6-13(7-9-14)25-12-22-16-10-20-11-21-18(16)25/h2-11,22H,12H2,1H3. The van der Waals surface area contributed by atoms with Gasteiger partial charge in [-0.05, 0) is 36.4 Å². The zero-order chi connectivity index (χ0) is 17.5. The molecule has 3 heterocycles. The number of hydrogen-bond acceptors (Lipinski definition) is 6. The van der Waals surface area contributed by atoms with Crippen LogP contribution in [0.3, 0.4) is 0 Å². The van der Waals surface area contributed by atoms with Crippen LogP contribution in [0, 0.1) is 0 Å². The van der Waals surface area contributed by atoms with E-state index in [1.54, 1.807) is 12.5 Å². The maximum absolute atomic E-state index is 5.97. The Bertz CT molecular complexity index is 1090. The van der Waals surface area contributed by atoms with Crippen molar-refractivity contribution >= 4 is 28.2 Å². The number of ether oxygens (including phenoxy) is 1. The summed E-state index contributed by atoms with van der Waals surface area (Å²) in [6.45, 7) is 0.666. The number of aryl methyl sites for hydroxylation is 1. The number of aromatic nitrogens is 4. The molecule has 1 aliphatic heterocycles. The minimum atomic E-state index is 0.569. The maximum atomic E-state index is 5.97. The van der Waals surface area contributed by atoms with Crippen molar-refractivity contribution in [3.8, 4) is 11.8 Å². The van der Waals surface area contributed by atoms with E-state index in [0.717, 1.165) is 34.0 Å². The van der Waals surface area contributed by atoms with Crippen LogP contribution in [0.5, 0.6) is 11.8 Å². The minimum Gasteiger partial charge on any atom is -0.425 e. The monoisotopic (exact) mass is 344 g/mol. The van der Waals surface area contributed by atoms with Gasteiger partial charge in [-0.2, -0.15) is 4.98 Å². The Hall–Kier alpha value is -3.61. The Kier molecular flexibility index (Phi) is 3.24. The molecule has 0 unspecified atom stereocenters. The topological polar surface area (TPSA) is 68.1 Å². The zero-order valence-electron chi connectivity index (χ0n) is 14.1. The lowest BCUT2D eigenvalue weighted by Gasteiger charge is -2.17. The lowest BCUT2D eigenvalue weighted by Crippen LogP contribution is -2.16. The molecule has 7 nitrogen and oxygen atoms in total. The van der Waals surface area contributed by atoms with E-state index in [1.165, 1.54) is 0 Å². The molecule has 0 radical (unpaired) electrons. The molecule has 5 rings (SSSR count). The molecule has 128 valence electrons. The first-order valence-electron chi connectivity index (χ1n) is 8.30. The van der Waals surface area contributed by atoms with Gasteiger partial charge in [0, 0.05) is 12.7 Å². The van der Waals surface area contributed by atoms with Crippen molar-refractivity contribution in [1.29, 1.82) is 0 Å². The van der Waals surface area contributed by atoms with Crippen LogP contribution in [0.15, 0.2) is 61.1 Å². The summed E-state index contributed by atoms with van der Waals surface area (Å²) in [5, 5.41) is 3.28. The molecule has 0 amide bonds. The van der Waals surface area contributed by atoms with Crippen molar-refractivity contribution < 1.29 is 4.74 Å². The summed E-state index contributed by atoms with van der Waals surface area (Å²) in [5.74, 6) is 1.62. The SMILES string of the molecule is Cn1c(Oc2ccc(N3CNc4cncnc43)cc2)nc2ccccc21. The van der Waals surface area contributed by atoms with Crippen LogP contribution in [-0.2, 0) is 7.05 Å². The van der Waals surface area contributed by atoms with E-state index in [9.17, 15) is 0 Å². The number of benzene rings is 2. The van der Waals surface area contributed by atoms with E-state index in [2.05, 4.69) is 25.2 Å². The lowest BCUT2D eigenvalue weighted by atomic mass is 10.3. The normalized spacial score (nSPS) is 12.9. The van der Waals surface area contributed by atoms with Gasteiger partial charge in [-0.25, -0.2) is 9.97 Å². The van der Waals surface area contributed by atoms with Gasteiger partial charge < -0.3 is 15.0 Å². The van der Waals surface area contributed by atoms with Crippen LogP contribution >= 0.6 is 0 Å². The Morgan fingerprint density at radius 2 is 1.92 bits per heavy atom. The highest BCUT2D eigenvalue weighted by Gasteiger charge is 2.21. The van der Waals surface area contributed by atoms with Gasteiger partial charge in [-0.15, -0.1) is 0 Å². The number of anilines is 3. The van der Waals surface area contributed by atoms with Crippen molar-refractivity contribution in [2.75, 3.05) is 16.9 Å². The number of fused-ring (bicyclic) bond motifs is 2. The van der Waals surface area contributed by atoms with Gasteiger partial charge >= 0.3 is 6.01 Å². The molecule has 2 aromatic carbocycles. The number of nitrogens with one attached hydrogen (secondary N) is 1. The van der Waals surface area contributed by atoms with Crippen LogP contribution in [0.25, 0.3) is 11.0 Å². The smallest absolute Gasteiger partial charge is 0.302 e. The highest BCUT2D eigenvalue weighted by atomic mass is 16.5. The summed E-state index contributed by atoms with van der Waals surface area (Å²) < 4.78 is 7.92. The Morgan fingerprint density at radius 1 is 1.08 bits per heavy atom. The molecule has 0 spiro atoms. The first-order chi connectivity index (χ1) is 12.8. The number of rotatable bonds is 3. The highest BCUT2D eigenvalue weighted by molar-refractivity contribution is 5.78. The zero-order valence-corrected chi connectivity index (χ0v) is 14.1. The molecule has 1 N–H and O–H groups in total. The van der Waals surface area contributed by atoms with Gasteiger partial charge in [0.2, 0.25) is 0 Å². The molecule has 0 aliphatic carbocycles. The van der Waals surface area contributed by atoms with Gasteiger partial charge in [0.25, 0.3) is 0 Å². The average Bonchev–Trinajstić information content (AvgIpc) is 3.25. The molecule has 0 atom stereocenters. The quantitative estimate of drug-likeness (QED) is 0.611. The Balaban J connectivity index is 1.41.